The molecule has 0 amide bonds. The van der Waals surface area contributed by atoms with Gasteiger partial charge in [-0.3, -0.25) is 0 Å². The highest BCUT2D eigenvalue weighted by atomic mass is 16.5. The highest BCUT2D eigenvalue weighted by molar-refractivity contribution is 5.55. The lowest BCUT2D eigenvalue weighted by molar-refractivity contribution is 0.0682. The molecule has 0 atom stereocenters. The smallest absolute Gasteiger partial charge is 0.0572 e. The molecule has 110 valence electrons. The average Bonchev–Trinajstić information content (AvgIpc) is 3.03. The molecule has 2 fully saturated rings. The van der Waals surface area contributed by atoms with Gasteiger partial charge in [-0.2, -0.15) is 0 Å². The summed E-state index contributed by atoms with van der Waals surface area (Å²) in [6.45, 7) is 2.43. The largest absolute Gasteiger partial charge is 0.382 e. The predicted octanol–water partition coefficient (Wildman–Crippen LogP) is 3.66. The van der Waals surface area contributed by atoms with E-state index in [9.17, 15) is 0 Å². The van der Waals surface area contributed by atoms with Crippen LogP contribution in [0.5, 0.6) is 0 Å². The summed E-state index contributed by atoms with van der Waals surface area (Å²) in [4.78, 5) is 2.48. The lowest BCUT2D eigenvalue weighted by Crippen LogP contribution is -2.29. The average molecular weight is 274 g/mol. The Morgan fingerprint density at radius 1 is 1.00 bits per heavy atom. The zero-order valence-corrected chi connectivity index (χ0v) is 12.5. The van der Waals surface area contributed by atoms with Crippen molar-refractivity contribution in [2.45, 2.75) is 50.7 Å². The van der Waals surface area contributed by atoms with Gasteiger partial charge >= 0.3 is 0 Å². The van der Waals surface area contributed by atoms with Gasteiger partial charge in [-0.15, -0.1) is 0 Å². The topological polar surface area (TPSA) is 24.5 Å². The molecule has 1 heterocycles. The van der Waals surface area contributed by atoms with Gasteiger partial charge in [0.2, 0.25) is 0 Å². The number of ether oxygens (including phenoxy) is 1. The summed E-state index contributed by atoms with van der Waals surface area (Å²) in [6.07, 6.45) is 7.94. The van der Waals surface area contributed by atoms with Crippen molar-refractivity contribution in [2.24, 2.45) is 0 Å². The molecule has 0 spiro atoms. The molecule has 1 N–H and O–H groups in total. The first kappa shape index (κ1) is 13.7. The van der Waals surface area contributed by atoms with E-state index in [0.29, 0.717) is 12.1 Å². The number of hydrogen-bond donors (Lipinski definition) is 1. The van der Waals surface area contributed by atoms with E-state index in [1.165, 1.54) is 63.0 Å². The van der Waals surface area contributed by atoms with E-state index in [1.807, 2.05) is 7.11 Å². The summed E-state index contributed by atoms with van der Waals surface area (Å²) in [5, 5.41) is 3.67. The van der Waals surface area contributed by atoms with Crippen LogP contribution >= 0.6 is 0 Å². The summed E-state index contributed by atoms with van der Waals surface area (Å²) in [5.41, 5.74) is 2.63. The van der Waals surface area contributed by atoms with Crippen LogP contribution in [0.4, 0.5) is 11.4 Å². The van der Waals surface area contributed by atoms with Crippen LogP contribution in [0.3, 0.4) is 0 Å². The van der Waals surface area contributed by atoms with Crippen LogP contribution in [0, 0.1) is 0 Å². The van der Waals surface area contributed by atoms with Gasteiger partial charge in [0, 0.05) is 37.6 Å². The summed E-state index contributed by atoms with van der Waals surface area (Å²) >= 11 is 0. The van der Waals surface area contributed by atoms with Crippen molar-refractivity contribution in [3.63, 3.8) is 0 Å². The Morgan fingerprint density at radius 2 is 1.65 bits per heavy atom. The molecule has 1 saturated carbocycles. The lowest BCUT2D eigenvalue weighted by atomic mass is 9.93. The first-order valence-electron chi connectivity index (χ1n) is 7.99. The molecule has 3 rings (SSSR count). The van der Waals surface area contributed by atoms with Gasteiger partial charge < -0.3 is 15.0 Å². The maximum absolute atomic E-state index is 5.43. The van der Waals surface area contributed by atoms with E-state index in [4.69, 9.17) is 4.74 Å². The van der Waals surface area contributed by atoms with Crippen LogP contribution in [0.15, 0.2) is 24.3 Å². The Hall–Kier alpha value is -1.22. The van der Waals surface area contributed by atoms with E-state index in [1.54, 1.807) is 0 Å². The molecule has 3 heteroatoms. The van der Waals surface area contributed by atoms with Gasteiger partial charge in [0.25, 0.3) is 0 Å². The maximum atomic E-state index is 5.43. The molecule has 2 aliphatic rings. The number of hydrogen-bond acceptors (Lipinski definition) is 3. The third-order valence-electron chi connectivity index (χ3n) is 4.72. The second kappa shape index (κ2) is 6.49. The van der Waals surface area contributed by atoms with Crippen LogP contribution in [-0.4, -0.2) is 32.3 Å². The molecule has 3 nitrogen and oxygen atoms in total. The standard InChI is InChI=1S/C17H26N2O/c1-20-17-10-6-15(7-11-17)18-14-4-8-16(9-5-14)19-12-2-3-13-19/h4-5,8-9,15,17-18H,2-3,6-7,10-13H2,1H3. The number of methoxy groups -OCH3 is 1. The first-order chi connectivity index (χ1) is 9.85. The maximum Gasteiger partial charge on any atom is 0.0572 e. The minimum atomic E-state index is 0.477. The monoisotopic (exact) mass is 274 g/mol. The lowest BCUT2D eigenvalue weighted by Gasteiger charge is -2.29. The SMILES string of the molecule is COC1CCC(Nc2ccc(N3CCCC3)cc2)CC1. The third kappa shape index (κ3) is 3.26. The van der Waals surface area contributed by atoms with Crippen molar-refractivity contribution in [1.82, 2.24) is 0 Å². The number of nitrogens with zero attached hydrogens (tertiary/aromatic N) is 1. The fourth-order valence-corrected chi connectivity index (χ4v) is 3.42. The van der Waals surface area contributed by atoms with Gasteiger partial charge in [0.1, 0.15) is 0 Å². The molecule has 0 unspecified atom stereocenters. The second-order valence-corrected chi connectivity index (χ2v) is 6.09. The zero-order chi connectivity index (χ0) is 13.8. The Bertz CT molecular complexity index is 404. The number of anilines is 2. The number of benzene rings is 1. The zero-order valence-electron chi connectivity index (χ0n) is 12.5. The Kier molecular flexibility index (Phi) is 4.46. The van der Waals surface area contributed by atoms with Crippen LogP contribution in [0.2, 0.25) is 0 Å². The molecule has 1 aliphatic carbocycles. The van der Waals surface area contributed by atoms with Crippen molar-refractivity contribution >= 4 is 11.4 Å². The normalized spacial score (nSPS) is 26.8. The second-order valence-electron chi connectivity index (χ2n) is 6.09. The minimum Gasteiger partial charge on any atom is -0.382 e. The molecular formula is C17H26N2O. The van der Waals surface area contributed by atoms with Gasteiger partial charge in [-0.25, -0.2) is 0 Å². The van der Waals surface area contributed by atoms with Gasteiger partial charge in [0.15, 0.2) is 0 Å². The van der Waals surface area contributed by atoms with E-state index in [-0.39, 0.29) is 0 Å². The highest BCUT2D eigenvalue weighted by Crippen LogP contribution is 2.26. The fraction of sp³-hybridized carbons (Fsp3) is 0.647. The predicted molar refractivity (Wildman–Crippen MR) is 84.6 cm³/mol. The van der Waals surface area contributed by atoms with Crippen molar-refractivity contribution < 1.29 is 4.74 Å². The molecule has 1 aromatic rings. The summed E-state index contributed by atoms with van der Waals surface area (Å²) in [6, 6.07) is 9.59. The fourth-order valence-electron chi connectivity index (χ4n) is 3.42. The van der Waals surface area contributed by atoms with E-state index >= 15 is 0 Å². The van der Waals surface area contributed by atoms with E-state index < -0.39 is 0 Å². The van der Waals surface area contributed by atoms with Crippen LogP contribution in [0.25, 0.3) is 0 Å². The van der Waals surface area contributed by atoms with Gasteiger partial charge in [0.05, 0.1) is 6.10 Å². The summed E-state index contributed by atoms with van der Waals surface area (Å²) in [7, 11) is 1.83. The molecule has 1 aliphatic heterocycles. The van der Waals surface area contributed by atoms with Crippen LogP contribution in [0.1, 0.15) is 38.5 Å². The first-order valence-corrected chi connectivity index (χ1v) is 7.99. The number of rotatable bonds is 4. The molecule has 1 aromatic carbocycles. The molecule has 0 bridgehead atoms. The summed E-state index contributed by atoms with van der Waals surface area (Å²) in [5.74, 6) is 0. The van der Waals surface area contributed by atoms with Crippen molar-refractivity contribution in [3.05, 3.63) is 24.3 Å². The third-order valence-corrected chi connectivity index (χ3v) is 4.72. The van der Waals surface area contributed by atoms with Gasteiger partial charge in [-0.1, -0.05) is 0 Å². The number of nitrogens with one attached hydrogen (secondary N) is 1. The van der Waals surface area contributed by atoms with Crippen molar-refractivity contribution in [2.75, 3.05) is 30.4 Å². The Balaban J connectivity index is 1.53. The van der Waals surface area contributed by atoms with E-state index in [2.05, 4.69) is 34.5 Å². The Morgan fingerprint density at radius 3 is 2.25 bits per heavy atom. The Labute approximate surface area is 122 Å². The molecular weight excluding hydrogens is 248 g/mol. The van der Waals surface area contributed by atoms with Crippen LogP contribution < -0.4 is 10.2 Å². The molecule has 1 saturated heterocycles. The molecule has 0 radical (unpaired) electrons. The molecule has 0 aromatic heterocycles. The van der Waals surface area contributed by atoms with E-state index in [0.717, 1.165) is 0 Å². The minimum absolute atomic E-state index is 0.477. The van der Waals surface area contributed by atoms with Crippen molar-refractivity contribution in [1.29, 1.82) is 0 Å². The highest BCUT2D eigenvalue weighted by Gasteiger charge is 2.20. The summed E-state index contributed by atoms with van der Waals surface area (Å²) < 4.78 is 5.43. The molecule has 20 heavy (non-hydrogen) atoms. The van der Waals surface area contributed by atoms with Crippen molar-refractivity contribution in [3.8, 4) is 0 Å². The van der Waals surface area contributed by atoms with Crippen LogP contribution in [-0.2, 0) is 4.74 Å². The van der Waals surface area contributed by atoms with Gasteiger partial charge in [-0.05, 0) is 62.8 Å². The quantitative estimate of drug-likeness (QED) is 0.907.